The summed E-state index contributed by atoms with van der Waals surface area (Å²) in [7, 11) is 0. The van der Waals surface area contributed by atoms with Crippen LogP contribution in [0.4, 0.5) is 0 Å². The molecule has 12 heavy (non-hydrogen) atoms. The number of rotatable bonds is 4. The van der Waals surface area contributed by atoms with Crippen molar-refractivity contribution in [3.8, 4) is 0 Å². The van der Waals surface area contributed by atoms with Gasteiger partial charge in [0.15, 0.2) is 0 Å². The molecule has 3 nitrogen and oxygen atoms in total. The van der Waals surface area contributed by atoms with E-state index in [1.807, 2.05) is 13.1 Å². The maximum Gasteiger partial charge on any atom is 0.107 e. The fourth-order valence-electron chi connectivity index (χ4n) is 1.08. The first-order chi connectivity index (χ1) is 5.70. The SMILES string of the molecule is Cc1nccn1CCC[S+](C)[O-]. The third kappa shape index (κ3) is 2.87. The minimum Gasteiger partial charge on any atom is -0.617 e. The fourth-order valence-corrected chi connectivity index (χ4v) is 1.61. The Kier molecular flexibility index (Phi) is 3.62. The minimum absolute atomic E-state index is 0.667. The molecule has 1 rings (SSSR count). The largest absolute Gasteiger partial charge is 0.617 e. The number of hydrogen-bond donors (Lipinski definition) is 0. The van der Waals surface area contributed by atoms with E-state index in [4.69, 9.17) is 0 Å². The Morgan fingerprint density at radius 1 is 1.67 bits per heavy atom. The molecule has 0 amide bonds. The van der Waals surface area contributed by atoms with E-state index in [0.29, 0.717) is 0 Å². The highest BCUT2D eigenvalue weighted by Gasteiger charge is 1.99. The lowest BCUT2D eigenvalue weighted by atomic mass is 10.4. The van der Waals surface area contributed by atoms with Crippen LogP contribution >= 0.6 is 0 Å². The molecule has 0 saturated carbocycles. The molecule has 0 aliphatic rings. The maximum absolute atomic E-state index is 10.7. The smallest absolute Gasteiger partial charge is 0.107 e. The van der Waals surface area contributed by atoms with Crippen molar-refractivity contribution in [2.75, 3.05) is 12.0 Å². The summed E-state index contributed by atoms with van der Waals surface area (Å²) in [5.41, 5.74) is 0. The monoisotopic (exact) mass is 186 g/mol. The minimum atomic E-state index is -0.667. The van der Waals surface area contributed by atoms with Gasteiger partial charge in [-0.25, -0.2) is 4.98 Å². The maximum atomic E-state index is 10.7. The second-order valence-electron chi connectivity index (χ2n) is 2.80. The average molecular weight is 186 g/mol. The lowest BCUT2D eigenvalue weighted by Crippen LogP contribution is -2.07. The van der Waals surface area contributed by atoms with Gasteiger partial charge in [0.05, 0.1) is 6.26 Å². The number of hydrogen-bond acceptors (Lipinski definition) is 2. The van der Waals surface area contributed by atoms with E-state index in [0.717, 1.165) is 24.5 Å². The van der Waals surface area contributed by atoms with Gasteiger partial charge in [0.2, 0.25) is 0 Å². The van der Waals surface area contributed by atoms with Crippen LogP contribution in [0.2, 0.25) is 0 Å². The Bertz CT molecular complexity index is 235. The molecule has 0 aromatic carbocycles. The Hall–Kier alpha value is -0.480. The molecule has 0 aliphatic heterocycles. The van der Waals surface area contributed by atoms with Crippen molar-refractivity contribution in [3.63, 3.8) is 0 Å². The quantitative estimate of drug-likeness (QED) is 0.657. The summed E-state index contributed by atoms with van der Waals surface area (Å²) in [5.74, 6) is 1.80. The van der Waals surface area contributed by atoms with Gasteiger partial charge in [-0.3, -0.25) is 0 Å². The molecule has 1 heterocycles. The normalized spacial score (nSPS) is 13.2. The summed E-state index contributed by atoms with van der Waals surface area (Å²) < 4.78 is 12.8. The number of aryl methyl sites for hydroxylation is 2. The van der Waals surface area contributed by atoms with Crippen LogP contribution in [-0.4, -0.2) is 26.1 Å². The van der Waals surface area contributed by atoms with Crippen LogP contribution in [0, 0.1) is 6.92 Å². The van der Waals surface area contributed by atoms with E-state index < -0.39 is 11.2 Å². The molecule has 0 fully saturated rings. The average Bonchev–Trinajstić information content (AvgIpc) is 2.36. The Labute approximate surface area is 76.0 Å². The van der Waals surface area contributed by atoms with Crippen LogP contribution in [0.5, 0.6) is 0 Å². The van der Waals surface area contributed by atoms with Gasteiger partial charge in [-0.05, 0) is 6.92 Å². The summed E-state index contributed by atoms with van der Waals surface area (Å²) in [4.78, 5) is 4.10. The standard InChI is InChI=1S/C8H14N2OS/c1-8-9-4-6-10(8)5-3-7-12(2)11/h4,6H,3,5,7H2,1-2H3. The van der Waals surface area contributed by atoms with E-state index in [1.54, 1.807) is 12.5 Å². The van der Waals surface area contributed by atoms with Gasteiger partial charge in [-0.15, -0.1) is 0 Å². The van der Waals surface area contributed by atoms with Crippen LogP contribution in [0.15, 0.2) is 12.4 Å². The number of aromatic nitrogens is 2. The molecule has 0 N–H and O–H groups in total. The number of imidazole rings is 1. The first-order valence-corrected chi connectivity index (χ1v) is 5.70. The van der Waals surface area contributed by atoms with Gasteiger partial charge in [0.1, 0.15) is 11.6 Å². The Morgan fingerprint density at radius 3 is 2.92 bits per heavy atom. The lowest BCUT2D eigenvalue weighted by Gasteiger charge is -2.06. The van der Waals surface area contributed by atoms with Gasteiger partial charge in [0, 0.05) is 25.4 Å². The Morgan fingerprint density at radius 2 is 2.42 bits per heavy atom. The highest BCUT2D eigenvalue weighted by molar-refractivity contribution is 7.90. The van der Waals surface area contributed by atoms with Crippen LogP contribution in [0.1, 0.15) is 12.2 Å². The summed E-state index contributed by atoms with van der Waals surface area (Å²) in [6.45, 7) is 2.90. The first kappa shape index (κ1) is 9.61. The van der Waals surface area contributed by atoms with E-state index in [1.165, 1.54) is 0 Å². The summed E-state index contributed by atoms with van der Waals surface area (Å²) in [6, 6.07) is 0. The predicted octanol–water partition coefficient (Wildman–Crippen LogP) is 0.960. The lowest BCUT2D eigenvalue weighted by molar-refractivity contribution is 0.589. The van der Waals surface area contributed by atoms with Gasteiger partial charge in [0.25, 0.3) is 0 Å². The molecule has 0 spiro atoms. The van der Waals surface area contributed by atoms with Crippen LogP contribution in [0.3, 0.4) is 0 Å². The second-order valence-corrected chi connectivity index (χ2v) is 4.35. The molecule has 0 aliphatic carbocycles. The molecule has 0 bridgehead atoms. The van der Waals surface area contributed by atoms with E-state index in [9.17, 15) is 4.55 Å². The van der Waals surface area contributed by atoms with Gasteiger partial charge in [-0.2, -0.15) is 0 Å². The van der Waals surface area contributed by atoms with Crippen LogP contribution < -0.4 is 0 Å². The first-order valence-electron chi connectivity index (χ1n) is 3.98. The molecule has 1 unspecified atom stereocenters. The molecule has 0 saturated heterocycles. The van der Waals surface area contributed by atoms with Crippen molar-refractivity contribution in [2.24, 2.45) is 0 Å². The zero-order valence-corrected chi connectivity index (χ0v) is 8.30. The van der Waals surface area contributed by atoms with Crippen molar-refractivity contribution in [2.45, 2.75) is 19.9 Å². The van der Waals surface area contributed by atoms with Crippen molar-refractivity contribution < 1.29 is 4.55 Å². The highest BCUT2D eigenvalue weighted by Crippen LogP contribution is 1.98. The zero-order chi connectivity index (χ0) is 8.97. The second kappa shape index (κ2) is 4.52. The molecular weight excluding hydrogens is 172 g/mol. The summed E-state index contributed by atoms with van der Waals surface area (Å²) in [6.07, 6.45) is 6.44. The van der Waals surface area contributed by atoms with E-state index in [2.05, 4.69) is 9.55 Å². The molecule has 1 atom stereocenters. The predicted molar refractivity (Wildman–Crippen MR) is 50.5 cm³/mol. The summed E-state index contributed by atoms with van der Waals surface area (Å²) in [5, 5.41) is 0. The van der Waals surface area contributed by atoms with Gasteiger partial charge < -0.3 is 9.12 Å². The molecular formula is C8H14N2OS. The topological polar surface area (TPSA) is 40.9 Å². The molecule has 0 radical (unpaired) electrons. The third-order valence-electron chi connectivity index (χ3n) is 1.75. The van der Waals surface area contributed by atoms with Crippen molar-refractivity contribution in [1.29, 1.82) is 0 Å². The third-order valence-corrected chi connectivity index (χ3v) is 2.62. The van der Waals surface area contributed by atoms with Crippen molar-refractivity contribution in [1.82, 2.24) is 9.55 Å². The number of nitrogens with zero attached hydrogens (tertiary/aromatic N) is 2. The van der Waals surface area contributed by atoms with Crippen molar-refractivity contribution in [3.05, 3.63) is 18.2 Å². The van der Waals surface area contributed by atoms with Crippen molar-refractivity contribution >= 4 is 11.2 Å². The fraction of sp³-hybridized carbons (Fsp3) is 0.625. The van der Waals surface area contributed by atoms with Gasteiger partial charge >= 0.3 is 0 Å². The molecule has 1 aromatic rings. The van der Waals surface area contributed by atoms with E-state index >= 15 is 0 Å². The van der Waals surface area contributed by atoms with E-state index in [-0.39, 0.29) is 0 Å². The molecule has 68 valence electrons. The van der Waals surface area contributed by atoms with Gasteiger partial charge in [-0.1, -0.05) is 11.2 Å². The zero-order valence-electron chi connectivity index (χ0n) is 7.49. The highest BCUT2D eigenvalue weighted by atomic mass is 32.2. The molecule has 1 aromatic heterocycles. The summed E-state index contributed by atoms with van der Waals surface area (Å²) >= 11 is -0.667. The Balaban J connectivity index is 2.29. The van der Waals surface area contributed by atoms with Crippen LogP contribution in [-0.2, 0) is 17.7 Å². The van der Waals surface area contributed by atoms with Crippen LogP contribution in [0.25, 0.3) is 0 Å². The molecule has 4 heteroatoms.